The van der Waals surface area contributed by atoms with Gasteiger partial charge >= 0.3 is 0 Å². The Morgan fingerprint density at radius 3 is 2.61 bits per heavy atom. The van der Waals surface area contributed by atoms with Crippen LogP contribution in [0, 0.1) is 0 Å². The molecule has 2 heterocycles. The van der Waals surface area contributed by atoms with Gasteiger partial charge in [0.1, 0.15) is 0 Å². The Balaban J connectivity index is 1.66. The summed E-state index contributed by atoms with van der Waals surface area (Å²) in [5.41, 5.74) is 1.13. The number of hydrogen-bond donors (Lipinski definition) is 1. The fourth-order valence-corrected chi connectivity index (χ4v) is 4.23. The van der Waals surface area contributed by atoms with Crippen molar-refractivity contribution in [3.8, 4) is 11.5 Å². The lowest BCUT2D eigenvalue weighted by atomic mass is 10.1. The van der Waals surface area contributed by atoms with Crippen LogP contribution in [0.15, 0.2) is 35.7 Å². The van der Waals surface area contributed by atoms with Gasteiger partial charge in [-0.3, -0.25) is 9.80 Å². The van der Waals surface area contributed by atoms with Crippen LogP contribution in [0.3, 0.4) is 0 Å². The van der Waals surface area contributed by atoms with Gasteiger partial charge in [0.15, 0.2) is 11.5 Å². The van der Waals surface area contributed by atoms with E-state index in [1.165, 1.54) is 4.88 Å². The summed E-state index contributed by atoms with van der Waals surface area (Å²) < 4.78 is 16.2. The molecule has 0 spiro atoms. The summed E-state index contributed by atoms with van der Waals surface area (Å²) in [6, 6.07) is 10.2. The lowest BCUT2D eigenvalue weighted by molar-refractivity contribution is 0.00564. The summed E-state index contributed by atoms with van der Waals surface area (Å²) in [7, 11) is 3.29. The molecule has 1 aromatic heterocycles. The predicted molar refractivity (Wildman–Crippen MR) is 111 cm³/mol. The molecule has 7 heteroatoms. The number of nitrogens with zero attached hydrogens (tertiary/aromatic N) is 2. The van der Waals surface area contributed by atoms with Crippen LogP contribution in [-0.4, -0.2) is 74.6 Å². The minimum atomic E-state index is -0.404. The molecule has 1 saturated heterocycles. The lowest BCUT2D eigenvalue weighted by Gasteiger charge is -2.31. The van der Waals surface area contributed by atoms with Gasteiger partial charge in [0.05, 0.1) is 33.5 Å². The van der Waals surface area contributed by atoms with Gasteiger partial charge < -0.3 is 19.3 Å². The lowest BCUT2D eigenvalue weighted by Crippen LogP contribution is -2.44. The second kappa shape index (κ2) is 10.8. The Kier molecular flexibility index (Phi) is 8.12. The van der Waals surface area contributed by atoms with Crippen LogP contribution in [0.2, 0.25) is 0 Å². The molecular formula is C21H30N2O4S. The van der Waals surface area contributed by atoms with Crippen molar-refractivity contribution in [2.45, 2.75) is 19.2 Å². The molecule has 1 aliphatic heterocycles. The smallest absolute Gasteiger partial charge is 0.161 e. The van der Waals surface area contributed by atoms with Crippen molar-refractivity contribution in [2.24, 2.45) is 0 Å². The summed E-state index contributed by atoms with van der Waals surface area (Å²) >= 11 is 1.74. The topological polar surface area (TPSA) is 54.4 Å². The molecule has 0 saturated carbocycles. The third kappa shape index (κ3) is 6.18. The molecule has 0 radical (unpaired) electrons. The summed E-state index contributed by atoms with van der Waals surface area (Å²) in [5.74, 6) is 1.45. The quantitative estimate of drug-likeness (QED) is 0.654. The molecule has 2 aromatic rings. The van der Waals surface area contributed by atoms with Crippen LogP contribution in [0.5, 0.6) is 11.5 Å². The molecule has 6 nitrogen and oxygen atoms in total. The number of thiophene rings is 1. The number of β-amino-alcohol motifs (C(OH)–C–C–N with tert-alkyl or cyclic N) is 1. The fraction of sp³-hybridized carbons (Fsp3) is 0.524. The van der Waals surface area contributed by atoms with Crippen LogP contribution in [-0.2, 0) is 17.8 Å². The molecule has 1 N–H and O–H groups in total. The molecule has 1 atom stereocenters. The van der Waals surface area contributed by atoms with Gasteiger partial charge in [-0.1, -0.05) is 12.1 Å². The maximum absolute atomic E-state index is 10.7. The van der Waals surface area contributed by atoms with Gasteiger partial charge in [-0.15, -0.1) is 11.3 Å². The van der Waals surface area contributed by atoms with Crippen molar-refractivity contribution in [2.75, 3.05) is 53.6 Å². The summed E-state index contributed by atoms with van der Waals surface area (Å²) in [6.07, 6.45) is -0.404. The minimum Gasteiger partial charge on any atom is -0.493 e. The molecule has 28 heavy (non-hydrogen) atoms. The SMILES string of the molecule is COc1ccc(CN(Cc2cccs2)C[C@H](O)CN2CCOCC2)cc1OC. The van der Waals surface area contributed by atoms with E-state index in [2.05, 4.69) is 33.4 Å². The number of aliphatic hydroxyl groups excluding tert-OH is 1. The standard InChI is InChI=1S/C21H30N2O4S/c1-25-20-6-5-17(12-21(20)26-2)13-23(16-19-4-3-11-28-19)15-18(24)14-22-7-9-27-10-8-22/h3-6,11-12,18,24H,7-10,13-16H2,1-2H3/t18-/m1/s1. The first kappa shape index (κ1) is 21.1. The maximum atomic E-state index is 10.7. The normalized spacial score (nSPS) is 16.3. The minimum absolute atomic E-state index is 0.404. The highest BCUT2D eigenvalue weighted by molar-refractivity contribution is 7.09. The van der Waals surface area contributed by atoms with Crippen LogP contribution in [0.1, 0.15) is 10.4 Å². The average Bonchev–Trinajstić information content (AvgIpc) is 3.21. The molecule has 0 unspecified atom stereocenters. The first-order chi connectivity index (χ1) is 13.7. The van der Waals surface area contributed by atoms with Crippen molar-refractivity contribution >= 4 is 11.3 Å². The van der Waals surface area contributed by atoms with E-state index >= 15 is 0 Å². The number of ether oxygens (including phenoxy) is 3. The van der Waals surface area contributed by atoms with E-state index in [1.54, 1.807) is 25.6 Å². The Hall–Kier alpha value is -1.64. The first-order valence-electron chi connectivity index (χ1n) is 9.61. The highest BCUT2D eigenvalue weighted by atomic mass is 32.1. The highest BCUT2D eigenvalue weighted by Crippen LogP contribution is 2.28. The zero-order valence-electron chi connectivity index (χ0n) is 16.7. The van der Waals surface area contributed by atoms with Gasteiger partial charge in [-0.2, -0.15) is 0 Å². The van der Waals surface area contributed by atoms with E-state index in [9.17, 15) is 5.11 Å². The molecule has 3 rings (SSSR count). The van der Waals surface area contributed by atoms with Gasteiger partial charge in [-0.25, -0.2) is 0 Å². The van der Waals surface area contributed by atoms with Crippen LogP contribution in [0.25, 0.3) is 0 Å². The van der Waals surface area contributed by atoms with Crippen molar-refractivity contribution in [1.29, 1.82) is 0 Å². The Bertz CT molecular complexity index is 704. The molecule has 0 aliphatic carbocycles. The summed E-state index contributed by atoms with van der Waals surface area (Å²) in [4.78, 5) is 5.85. The Labute approximate surface area is 171 Å². The van der Waals surface area contributed by atoms with Crippen molar-refractivity contribution in [1.82, 2.24) is 9.80 Å². The molecule has 154 valence electrons. The van der Waals surface area contributed by atoms with E-state index in [-0.39, 0.29) is 0 Å². The fourth-order valence-electron chi connectivity index (χ4n) is 3.48. The Morgan fingerprint density at radius 1 is 1.14 bits per heavy atom. The summed E-state index contributed by atoms with van der Waals surface area (Å²) in [5, 5.41) is 12.8. The zero-order chi connectivity index (χ0) is 19.8. The van der Waals surface area contributed by atoms with Gasteiger partial charge in [0, 0.05) is 44.1 Å². The molecule has 0 bridgehead atoms. The first-order valence-corrected chi connectivity index (χ1v) is 10.5. The number of benzene rings is 1. The molecule has 1 aliphatic rings. The van der Waals surface area contributed by atoms with Crippen molar-refractivity contribution in [3.05, 3.63) is 46.2 Å². The third-order valence-corrected chi connectivity index (χ3v) is 5.72. The third-order valence-electron chi connectivity index (χ3n) is 4.86. The largest absolute Gasteiger partial charge is 0.493 e. The zero-order valence-corrected chi connectivity index (χ0v) is 17.5. The Morgan fingerprint density at radius 2 is 1.93 bits per heavy atom. The van der Waals surface area contributed by atoms with Gasteiger partial charge in [0.25, 0.3) is 0 Å². The van der Waals surface area contributed by atoms with Crippen molar-refractivity contribution < 1.29 is 19.3 Å². The van der Waals surface area contributed by atoms with Gasteiger partial charge in [-0.05, 0) is 29.1 Å². The number of morpholine rings is 1. The summed E-state index contributed by atoms with van der Waals surface area (Å²) in [6.45, 7) is 6.11. The number of hydrogen-bond acceptors (Lipinski definition) is 7. The van der Waals surface area contributed by atoms with Gasteiger partial charge in [0.2, 0.25) is 0 Å². The van der Waals surface area contributed by atoms with E-state index in [0.29, 0.717) is 13.1 Å². The van der Waals surface area contributed by atoms with Crippen LogP contribution >= 0.6 is 11.3 Å². The van der Waals surface area contributed by atoms with Crippen LogP contribution < -0.4 is 9.47 Å². The second-order valence-electron chi connectivity index (χ2n) is 7.01. The second-order valence-corrected chi connectivity index (χ2v) is 8.04. The molecule has 0 amide bonds. The molecule has 1 fully saturated rings. The van der Waals surface area contributed by atoms with E-state index in [0.717, 1.165) is 56.5 Å². The molecule has 1 aromatic carbocycles. The number of methoxy groups -OCH3 is 2. The van der Waals surface area contributed by atoms with E-state index in [1.807, 2.05) is 12.1 Å². The van der Waals surface area contributed by atoms with Crippen LogP contribution in [0.4, 0.5) is 0 Å². The van der Waals surface area contributed by atoms with Crippen molar-refractivity contribution in [3.63, 3.8) is 0 Å². The van der Waals surface area contributed by atoms with E-state index in [4.69, 9.17) is 14.2 Å². The highest BCUT2D eigenvalue weighted by Gasteiger charge is 2.19. The predicted octanol–water partition coefficient (Wildman–Crippen LogP) is 2.46. The average molecular weight is 407 g/mol. The number of rotatable bonds is 10. The van der Waals surface area contributed by atoms with E-state index < -0.39 is 6.10 Å². The molecular weight excluding hydrogens is 376 g/mol. The number of aliphatic hydroxyl groups is 1. The monoisotopic (exact) mass is 406 g/mol. The maximum Gasteiger partial charge on any atom is 0.161 e.